The number of hydrogen-bond acceptors (Lipinski definition) is 4. The summed E-state index contributed by atoms with van der Waals surface area (Å²) < 4.78 is 4.86. The third-order valence-electron chi connectivity index (χ3n) is 2.09. The smallest absolute Gasteiger partial charge is 0.373 e. The standard InChI is InChI=1S/C12H16O2.CO2/c1-3-10-5-7-11(8-6-10)9-12(13)14-4-2;2-1-3/h5-8H,3-4,9H2,1-2H3;. The Kier molecular flexibility index (Phi) is 8.25. The van der Waals surface area contributed by atoms with E-state index in [0.29, 0.717) is 13.0 Å². The number of hydrogen-bond donors (Lipinski definition) is 0. The molecule has 1 aromatic carbocycles. The van der Waals surface area contributed by atoms with Crippen LogP contribution >= 0.6 is 0 Å². The van der Waals surface area contributed by atoms with E-state index in [-0.39, 0.29) is 12.1 Å². The van der Waals surface area contributed by atoms with Crippen LogP contribution < -0.4 is 0 Å². The molecule has 0 fully saturated rings. The molecule has 0 saturated carbocycles. The molecule has 0 aliphatic rings. The lowest BCUT2D eigenvalue weighted by atomic mass is 10.1. The molecule has 0 heterocycles. The number of carbonyl (C=O) groups is 1. The zero-order chi connectivity index (χ0) is 13.1. The van der Waals surface area contributed by atoms with Crippen molar-refractivity contribution in [1.29, 1.82) is 0 Å². The highest BCUT2D eigenvalue weighted by Crippen LogP contribution is 2.06. The minimum atomic E-state index is -0.156. The molecule has 0 spiro atoms. The monoisotopic (exact) mass is 236 g/mol. The van der Waals surface area contributed by atoms with Gasteiger partial charge in [-0.25, -0.2) is 0 Å². The lowest BCUT2D eigenvalue weighted by Gasteiger charge is -2.02. The first kappa shape index (κ1) is 15.1. The van der Waals surface area contributed by atoms with E-state index in [1.54, 1.807) is 0 Å². The molecule has 0 bridgehead atoms. The van der Waals surface area contributed by atoms with Gasteiger partial charge in [-0.3, -0.25) is 4.79 Å². The van der Waals surface area contributed by atoms with Crippen LogP contribution in [0.2, 0.25) is 0 Å². The molecule has 0 amide bonds. The molecule has 0 N–H and O–H groups in total. The van der Waals surface area contributed by atoms with Crippen molar-refractivity contribution in [2.75, 3.05) is 6.61 Å². The van der Waals surface area contributed by atoms with E-state index in [1.807, 2.05) is 19.1 Å². The Morgan fingerprint density at radius 2 is 1.59 bits per heavy atom. The largest absolute Gasteiger partial charge is 0.466 e. The van der Waals surface area contributed by atoms with Gasteiger partial charge >= 0.3 is 12.1 Å². The van der Waals surface area contributed by atoms with Gasteiger partial charge in [0, 0.05) is 0 Å². The van der Waals surface area contributed by atoms with E-state index in [2.05, 4.69) is 19.1 Å². The second kappa shape index (κ2) is 9.31. The minimum Gasteiger partial charge on any atom is -0.466 e. The minimum absolute atomic E-state index is 0.156. The summed E-state index contributed by atoms with van der Waals surface area (Å²) in [7, 11) is 0. The van der Waals surface area contributed by atoms with E-state index < -0.39 is 0 Å². The zero-order valence-corrected chi connectivity index (χ0v) is 10.1. The van der Waals surface area contributed by atoms with Crippen LogP contribution in [0.5, 0.6) is 0 Å². The van der Waals surface area contributed by atoms with Gasteiger partial charge < -0.3 is 4.74 Å². The van der Waals surface area contributed by atoms with Crippen LogP contribution in [0.3, 0.4) is 0 Å². The van der Waals surface area contributed by atoms with Gasteiger partial charge in [-0.2, -0.15) is 9.59 Å². The summed E-state index contributed by atoms with van der Waals surface area (Å²) >= 11 is 0. The van der Waals surface area contributed by atoms with E-state index in [0.717, 1.165) is 12.0 Å². The zero-order valence-electron chi connectivity index (χ0n) is 10.1. The maximum Gasteiger partial charge on any atom is 0.373 e. The van der Waals surface area contributed by atoms with Gasteiger partial charge in [0.25, 0.3) is 0 Å². The summed E-state index contributed by atoms with van der Waals surface area (Å²) in [5.41, 5.74) is 2.30. The molecule has 0 aliphatic carbocycles. The van der Waals surface area contributed by atoms with E-state index in [9.17, 15) is 4.79 Å². The van der Waals surface area contributed by atoms with Crippen molar-refractivity contribution in [2.45, 2.75) is 26.7 Å². The van der Waals surface area contributed by atoms with E-state index >= 15 is 0 Å². The van der Waals surface area contributed by atoms with Gasteiger partial charge in [-0.15, -0.1) is 0 Å². The van der Waals surface area contributed by atoms with Gasteiger partial charge in [0.2, 0.25) is 0 Å². The van der Waals surface area contributed by atoms with Crippen LogP contribution in [-0.4, -0.2) is 18.7 Å². The predicted octanol–water partition coefficient (Wildman–Crippen LogP) is 1.77. The third-order valence-corrected chi connectivity index (χ3v) is 2.09. The van der Waals surface area contributed by atoms with Crippen LogP contribution in [0.1, 0.15) is 25.0 Å². The van der Waals surface area contributed by atoms with E-state index in [4.69, 9.17) is 14.3 Å². The van der Waals surface area contributed by atoms with Crippen molar-refractivity contribution in [3.8, 4) is 0 Å². The summed E-state index contributed by atoms with van der Waals surface area (Å²) in [5, 5.41) is 0. The van der Waals surface area contributed by atoms with Crippen molar-refractivity contribution < 1.29 is 19.1 Å². The molecule has 0 unspecified atom stereocenters. The van der Waals surface area contributed by atoms with Gasteiger partial charge in [0.15, 0.2) is 0 Å². The molecule has 4 heteroatoms. The van der Waals surface area contributed by atoms with Crippen LogP contribution in [-0.2, 0) is 32.0 Å². The fourth-order valence-corrected chi connectivity index (χ4v) is 1.27. The van der Waals surface area contributed by atoms with Gasteiger partial charge in [-0.1, -0.05) is 31.2 Å². The normalized spacial score (nSPS) is 8.59. The molecule has 1 aromatic rings. The first-order valence-corrected chi connectivity index (χ1v) is 5.40. The second-order valence-electron chi connectivity index (χ2n) is 3.24. The van der Waals surface area contributed by atoms with Gasteiger partial charge in [0.05, 0.1) is 13.0 Å². The van der Waals surface area contributed by atoms with Crippen molar-refractivity contribution in [3.63, 3.8) is 0 Å². The SMILES string of the molecule is CCOC(=O)Cc1ccc(CC)cc1.O=C=O. The summed E-state index contributed by atoms with van der Waals surface area (Å²) in [6, 6.07) is 8.06. The molecule has 4 nitrogen and oxygen atoms in total. The number of ether oxygens (including phenoxy) is 1. The molecule has 0 radical (unpaired) electrons. The Morgan fingerprint density at radius 1 is 1.12 bits per heavy atom. The van der Waals surface area contributed by atoms with Crippen LogP contribution in [0.15, 0.2) is 24.3 Å². The molecule has 0 saturated heterocycles. The number of esters is 1. The van der Waals surface area contributed by atoms with Crippen molar-refractivity contribution in [3.05, 3.63) is 35.4 Å². The predicted molar refractivity (Wildman–Crippen MR) is 61.2 cm³/mol. The average Bonchev–Trinajstić information content (AvgIpc) is 2.31. The molecule has 1 rings (SSSR count). The lowest BCUT2D eigenvalue weighted by molar-refractivity contribution is -0.191. The van der Waals surface area contributed by atoms with Crippen molar-refractivity contribution in [2.24, 2.45) is 0 Å². The highest BCUT2D eigenvalue weighted by molar-refractivity contribution is 5.72. The molecule has 0 aliphatic heterocycles. The second-order valence-corrected chi connectivity index (χ2v) is 3.24. The summed E-state index contributed by atoms with van der Waals surface area (Å²) in [5.74, 6) is -0.156. The van der Waals surface area contributed by atoms with Crippen LogP contribution in [0.4, 0.5) is 0 Å². The quantitative estimate of drug-likeness (QED) is 0.747. The number of carbonyl (C=O) groups excluding carboxylic acids is 3. The molecule has 0 aromatic heterocycles. The van der Waals surface area contributed by atoms with Gasteiger partial charge in [0.1, 0.15) is 0 Å². The van der Waals surface area contributed by atoms with Crippen LogP contribution in [0.25, 0.3) is 0 Å². The average molecular weight is 236 g/mol. The Balaban J connectivity index is 0.000000770. The molecule has 17 heavy (non-hydrogen) atoms. The summed E-state index contributed by atoms with van der Waals surface area (Å²) in [4.78, 5) is 27.4. The summed E-state index contributed by atoms with van der Waals surface area (Å²) in [6.45, 7) is 4.38. The molecule has 92 valence electrons. The third kappa shape index (κ3) is 7.03. The first-order valence-electron chi connectivity index (χ1n) is 5.40. The number of benzene rings is 1. The summed E-state index contributed by atoms with van der Waals surface area (Å²) in [6.07, 6.45) is 1.65. The lowest BCUT2D eigenvalue weighted by Crippen LogP contribution is -2.07. The topological polar surface area (TPSA) is 60.4 Å². The number of rotatable bonds is 4. The Morgan fingerprint density at radius 3 is 2.00 bits per heavy atom. The molecular weight excluding hydrogens is 220 g/mol. The Bertz CT molecular complexity index is 362. The van der Waals surface area contributed by atoms with Crippen molar-refractivity contribution in [1.82, 2.24) is 0 Å². The maximum absolute atomic E-state index is 11.1. The Hall–Kier alpha value is -1.93. The van der Waals surface area contributed by atoms with Crippen LogP contribution in [0, 0.1) is 0 Å². The number of aryl methyl sites for hydroxylation is 1. The van der Waals surface area contributed by atoms with E-state index in [1.165, 1.54) is 5.56 Å². The van der Waals surface area contributed by atoms with Crippen molar-refractivity contribution >= 4 is 12.1 Å². The first-order chi connectivity index (χ1) is 8.17. The molecule has 0 atom stereocenters. The van der Waals surface area contributed by atoms with Gasteiger partial charge in [-0.05, 0) is 24.5 Å². The highest BCUT2D eigenvalue weighted by atomic mass is 16.5. The fourth-order valence-electron chi connectivity index (χ4n) is 1.27. The fraction of sp³-hybridized carbons (Fsp3) is 0.385. The maximum atomic E-state index is 11.1. The Labute approximate surface area is 101 Å². The molecular formula is C13H16O4. The highest BCUT2D eigenvalue weighted by Gasteiger charge is 2.02.